The van der Waals surface area contributed by atoms with Crippen molar-refractivity contribution in [1.29, 1.82) is 0 Å². The van der Waals surface area contributed by atoms with Gasteiger partial charge in [-0.2, -0.15) is 0 Å². The minimum absolute atomic E-state index is 0.272. The molecule has 1 amide bonds. The molecule has 2 heterocycles. The molecule has 5 heteroatoms. The average molecular weight is 245 g/mol. The number of aromatic nitrogens is 1. The second-order valence-corrected chi connectivity index (χ2v) is 4.33. The topological polar surface area (TPSA) is 57.4 Å². The lowest BCUT2D eigenvalue weighted by Crippen LogP contribution is -2.47. The van der Waals surface area contributed by atoms with Crippen molar-refractivity contribution < 1.29 is 9.53 Å². The number of piperazine rings is 1. The number of carbonyl (C=O) groups excluding carboxylic acids is 1. The number of hydrogen-bond acceptors (Lipinski definition) is 3. The second-order valence-electron chi connectivity index (χ2n) is 4.33. The number of ether oxygens (including phenoxy) is 1. The average Bonchev–Trinajstić information content (AvgIpc) is 2.87. The summed E-state index contributed by atoms with van der Waals surface area (Å²) in [5.74, 6) is 0.589. The summed E-state index contributed by atoms with van der Waals surface area (Å²) in [5, 5.41) is 4.24. The van der Waals surface area contributed by atoms with Crippen LogP contribution in [0, 0.1) is 0 Å². The molecule has 2 N–H and O–H groups in total. The fourth-order valence-corrected chi connectivity index (χ4v) is 2.11. The van der Waals surface area contributed by atoms with Gasteiger partial charge in [0.1, 0.15) is 5.75 Å². The van der Waals surface area contributed by atoms with E-state index in [1.54, 1.807) is 11.0 Å². The number of nitrogens with zero attached hydrogens (tertiary/aromatic N) is 1. The van der Waals surface area contributed by atoms with Gasteiger partial charge in [-0.3, -0.25) is 0 Å². The lowest BCUT2D eigenvalue weighted by atomic mass is 10.2. The maximum Gasteiger partial charge on any atom is 0.415 e. The zero-order valence-electron chi connectivity index (χ0n) is 9.98. The summed E-state index contributed by atoms with van der Waals surface area (Å²) in [6.07, 6.45) is 1.60. The first-order chi connectivity index (χ1) is 8.83. The van der Waals surface area contributed by atoms with Crippen LogP contribution in [0.25, 0.3) is 10.9 Å². The van der Waals surface area contributed by atoms with Gasteiger partial charge in [-0.15, -0.1) is 0 Å². The minimum Gasteiger partial charge on any atom is -0.410 e. The highest BCUT2D eigenvalue weighted by Crippen LogP contribution is 2.20. The van der Waals surface area contributed by atoms with E-state index in [0.29, 0.717) is 18.8 Å². The van der Waals surface area contributed by atoms with Gasteiger partial charge in [-0.05, 0) is 24.3 Å². The lowest BCUT2D eigenvalue weighted by molar-refractivity contribution is 0.146. The van der Waals surface area contributed by atoms with Gasteiger partial charge in [0, 0.05) is 43.3 Å². The van der Waals surface area contributed by atoms with Crippen LogP contribution >= 0.6 is 0 Å². The predicted octanol–water partition coefficient (Wildman–Crippen LogP) is 1.57. The number of carbonyl (C=O) groups is 1. The molecule has 0 spiro atoms. The first-order valence-corrected chi connectivity index (χ1v) is 6.07. The van der Waals surface area contributed by atoms with E-state index in [9.17, 15) is 4.79 Å². The van der Waals surface area contributed by atoms with E-state index in [-0.39, 0.29) is 6.09 Å². The van der Waals surface area contributed by atoms with E-state index in [1.807, 2.05) is 24.4 Å². The normalized spacial score (nSPS) is 15.9. The lowest BCUT2D eigenvalue weighted by Gasteiger charge is -2.26. The monoisotopic (exact) mass is 245 g/mol. The number of benzene rings is 1. The minimum atomic E-state index is -0.272. The number of aromatic amines is 1. The number of nitrogens with one attached hydrogen (secondary N) is 2. The molecule has 5 nitrogen and oxygen atoms in total. The molecule has 0 radical (unpaired) electrons. The van der Waals surface area contributed by atoms with Gasteiger partial charge in [0.25, 0.3) is 0 Å². The molecule has 18 heavy (non-hydrogen) atoms. The summed E-state index contributed by atoms with van der Waals surface area (Å²) < 4.78 is 5.38. The highest BCUT2D eigenvalue weighted by Gasteiger charge is 2.18. The van der Waals surface area contributed by atoms with Crippen LogP contribution in [-0.4, -0.2) is 42.2 Å². The largest absolute Gasteiger partial charge is 0.415 e. The molecule has 1 saturated heterocycles. The molecule has 0 aliphatic carbocycles. The van der Waals surface area contributed by atoms with Gasteiger partial charge in [-0.25, -0.2) is 4.79 Å². The molecule has 1 aliphatic heterocycles. The van der Waals surface area contributed by atoms with Gasteiger partial charge < -0.3 is 19.9 Å². The Labute approximate surface area is 105 Å². The summed E-state index contributed by atoms with van der Waals surface area (Å²) in [4.78, 5) is 16.7. The third kappa shape index (κ3) is 2.17. The highest BCUT2D eigenvalue weighted by molar-refractivity contribution is 5.82. The van der Waals surface area contributed by atoms with Crippen LogP contribution in [0.4, 0.5) is 4.79 Å². The number of hydrogen-bond donors (Lipinski definition) is 2. The van der Waals surface area contributed by atoms with Gasteiger partial charge in [0.15, 0.2) is 0 Å². The summed E-state index contributed by atoms with van der Waals surface area (Å²) in [5.41, 5.74) is 1.04. The summed E-state index contributed by atoms with van der Waals surface area (Å²) >= 11 is 0. The Morgan fingerprint density at radius 2 is 2.06 bits per heavy atom. The standard InChI is InChI=1S/C13H15N3O2/c17-13(16-7-5-14-6-8-16)18-11-1-2-12-10(9-11)3-4-15-12/h1-4,9,14-15H,5-8H2. The molecule has 1 aromatic carbocycles. The number of fused-ring (bicyclic) bond motifs is 1. The Kier molecular flexibility index (Phi) is 2.90. The SMILES string of the molecule is O=C(Oc1ccc2[nH]ccc2c1)N1CCNCC1. The van der Waals surface area contributed by atoms with Crippen LogP contribution in [0.5, 0.6) is 5.75 Å². The van der Waals surface area contributed by atoms with Gasteiger partial charge in [0.05, 0.1) is 0 Å². The van der Waals surface area contributed by atoms with Crippen molar-refractivity contribution in [3.05, 3.63) is 30.5 Å². The van der Waals surface area contributed by atoms with Crippen molar-refractivity contribution in [2.45, 2.75) is 0 Å². The Hall–Kier alpha value is -2.01. The molecule has 0 bridgehead atoms. The Morgan fingerprint density at radius 3 is 2.89 bits per heavy atom. The molecule has 1 fully saturated rings. The van der Waals surface area contributed by atoms with E-state index >= 15 is 0 Å². The maximum absolute atomic E-state index is 11.9. The number of H-pyrrole nitrogens is 1. The highest BCUT2D eigenvalue weighted by atomic mass is 16.6. The van der Waals surface area contributed by atoms with Crippen molar-refractivity contribution in [1.82, 2.24) is 15.2 Å². The third-order valence-corrected chi connectivity index (χ3v) is 3.11. The molecule has 1 aliphatic rings. The van der Waals surface area contributed by atoms with E-state index in [1.165, 1.54) is 0 Å². The van der Waals surface area contributed by atoms with Crippen LogP contribution < -0.4 is 10.1 Å². The van der Waals surface area contributed by atoms with E-state index in [2.05, 4.69) is 10.3 Å². The van der Waals surface area contributed by atoms with Gasteiger partial charge in [-0.1, -0.05) is 0 Å². The smallest absolute Gasteiger partial charge is 0.410 e. The van der Waals surface area contributed by atoms with Crippen LogP contribution in [0.1, 0.15) is 0 Å². The van der Waals surface area contributed by atoms with Crippen LogP contribution in [0.15, 0.2) is 30.5 Å². The first kappa shape index (κ1) is 11.1. The second kappa shape index (κ2) is 4.70. The molecule has 0 saturated carbocycles. The van der Waals surface area contributed by atoms with Crippen LogP contribution in [0.2, 0.25) is 0 Å². The molecule has 0 atom stereocenters. The van der Waals surface area contributed by atoms with Gasteiger partial charge in [0.2, 0.25) is 0 Å². The number of amides is 1. The quantitative estimate of drug-likeness (QED) is 0.801. The molecule has 0 unspecified atom stereocenters. The molecule has 2 aromatic rings. The van der Waals surface area contributed by atoms with Crippen molar-refractivity contribution in [2.24, 2.45) is 0 Å². The first-order valence-electron chi connectivity index (χ1n) is 6.07. The molecule has 1 aromatic heterocycles. The van der Waals surface area contributed by atoms with Crippen molar-refractivity contribution in [3.63, 3.8) is 0 Å². The Balaban J connectivity index is 1.72. The molecular formula is C13H15N3O2. The zero-order valence-corrected chi connectivity index (χ0v) is 9.98. The Bertz CT molecular complexity index is 558. The molecular weight excluding hydrogens is 230 g/mol. The fourth-order valence-electron chi connectivity index (χ4n) is 2.11. The molecule has 3 rings (SSSR count). The van der Waals surface area contributed by atoms with Crippen molar-refractivity contribution >= 4 is 17.0 Å². The zero-order chi connectivity index (χ0) is 12.4. The maximum atomic E-state index is 11.9. The summed E-state index contributed by atoms with van der Waals surface area (Å²) in [6.45, 7) is 3.05. The van der Waals surface area contributed by atoms with Gasteiger partial charge >= 0.3 is 6.09 Å². The summed E-state index contributed by atoms with van der Waals surface area (Å²) in [7, 11) is 0. The van der Waals surface area contributed by atoms with Crippen molar-refractivity contribution in [3.8, 4) is 5.75 Å². The van der Waals surface area contributed by atoms with E-state index in [4.69, 9.17) is 4.74 Å². The summed E-state index contributed by atoms with van der Waals surface area (Å²) in [6, 6.07) is 7.54. The van der Waals surface area contributed by atoms with Crippen LogP contribution in [0.3, 0.4) is 0 Å². The Morgan fingerprint density at radius 1 is 1.22 bits per heavy atom. The van der Waals surface area contributed by atoms with E-state index in [0.717, 1.165) is 24.0 Å². The molecule has 94 valence electrons. The van der Waals surface area contributed by atoms with Crippen LogP contribution in [-0.2, 0) is 0 Å². The van der Waals surface area contributed by atoms with Crippen molar-refractivity contribution in [2.75, 3.05) is 26.2 Å². The predicted molar refractivity (Wildman–Crippen MR) is 68.8 cm³/mol. The number of rotatable bonds is 1. The fraction of sp³-hybridized carbons (Fsp3) is 0.308. The van der Waals surface area contributed by atoms with E-state index < -0.39 is 0 Å². The third-order valence-electron chi connectivity index (χ3n) is 3.11.